The minimum absolute atomic E-state index is 0.0809. The molecular formula is C19H17N5O7S3. The highest BCUT2D eigenvalue weighted by molar-refractivity contribution is 8.14. The molecule has 4 heterocycles. The Morgan fingerprint density at radius 1 is 1.47 bits per heavy atom. The van der Waals surface area contributed by atoms with Crippen molar-refractivity contribution < 1.29 is 33.5 Å². The van der Waals surface area contributed by atoms with E-state index >= 15 is 0 Å². The van der Waals surface area contributed by atoms with Crippen molar-refractivity contribution in [2.45, 2.75) is 11.4 Å². The van der Waals surface area contributed by atoms with Crippen molar-refractivity contribution in [3.05, 3.63) is 46.5 Å². The SMILES string of the molecule is CO/N=C(\C(=O)NC1C(=O)N2C(C(=O)O)=C(CSC(=O)c3ccco3)CS[C@H]12)c1csc(N)n1. The van der Waals surface area contributed by atoms with Gasteiger partial charge in [0.05, 0.1) is 6.26 Å². The third-order valence-corrected chi connectivity index (χ3v) is 7.77. The summed E-state index contributed by atoms with van der Waals surface area (Å²) in [6.07, 6.45) is 1.37. The molecule has 15 heteroatoms. The van der Waals surface area contributed by atoms with Crippen LogP contribution in [-0.2, 0) is 19.2 Å². The Hall–Kier alpha value is -3.30. The summed E-state index contributed by atoms with van der Waals surface area (Å²) in [6.45, 7) is 0. The lowest BCUT2D eigenvalue weighted by molar-refractivity contribution is -0.150. The first kappa shape index (κ1) is 23.8. The second-order valence-electron chi connectivity index (χ2n) is 6.87. The van der Waals surface area contributed by atoms with Gasteiger partial charge in [-0.1, -0.05) is 16.9 Å². The molecule has 0 radical (unpaired) electrons. The number of thioether (sulfide) groups is 2. The number of carboxylic acids is 1. The molecule has 0 aromatic carbocycles. The van der Waals surface area contributed by atoms with Gasteiger partial charge < -0.3 is 25.4 Å². The highest BCUT2D eigenvalue weighted by Gasteiger charge is 2.54. The average Bonchev–Trinajstić information content (AvgIpc) is 3.50. The van der Waals surface area contributed by atoms with Crippen LogP contribution in [0.4, 0.5) is 5.13 Å². The molecule has 2 atom stereocenters. The summed E-state index contributed by atoms with van der Waals surface area (Å²) in [4.78, 5) is 59.6. The summed E-state index contributed by atoms with van der Waals surface area (Å²) in [5.41, 5.74) is 5.89. The van der Waals surface area contributed by atoms with Crippen LogP contribution in [0, 0.1) is 0 Å². The normalized spacial score (nSPS) is 20.0. The molecule has 1 fully saturated rings. The van der Waals surface area contributed by atoms with Crippen LogP contribution in [0.5, 0.6) is 0 Å². The number of hydrogen-bond donors (Lipinski definition) is 3. The number of furan rings is 1. The van der Waals surface area contributed by atoms with Gasteiger partial charge in [-0.05, 0) is 17.7 Å². The molecule has 0 bridgehead atoms. The van der Waals surface area contributed by atoms with Crippen molar-refractivity contribution in [1.82, 2.24) is 15.2 Å². The van der Waals surface area contributed by atoms with Crippen LogP contribution < -0.4 is 11.1 Å². The van der Waals surface area contributed by atoms with E-state index in [9.17, 15) is 24.3 Å². The largest absolute Gasteiger partial charge is 0.477 e. The minimum Gasteiger partial charge on any atom is -0.477 e. The highest BCUT2D eigenvalue weighted by atomic mass is 32.2. The summed E-state index contributed by atoms with van der Waals surface area (Å²) in [7, 11) is 1.26. The monoisotopic (exact) mass is 523 g/mol. The van der Waals surface area contributed by atoms with E-state index in [1.807, 2.05) is 0 Å². The number of thiazole rings is 1. The van der Waals surface area contributed by atoms with Crippen LogP contribution >= 0.6 is 34.9 Å². The fourth-order valence-electron chi connectivity index (χ4n) is 3.31. The Bertz CT molecular complexity index is 1210. The lowest BCUT2D eigenvalue weighted by Gasteiger charge is -2.49. The molecule has 0 spiro atoms. The van der Waals surface area contributed by atoms with Crippen molar-refractivity contribution >= 4 is 68.6 Å². The van der Waals surface area contributed by atoms with Crippen molar-refractivity contribution in [3.8, 4) is 0 Å². The number of rotatable bonds is 8. The van der Waals surface area contributed by atoms with E-state index in [2.05, 4.69) is 15.5 Å². The summed E-state index contributed by atoms with van der Waals surface area (Å²) >= 11 is 3.29. The maximum absolute atomic E-state index is 12.8. The smallest absolute Gasteiger partial charge is 0.352 e. The van der Waals surface area contributed by atoms with Crippen LogP contribution in [0.3, 0.4) is 0 Å². The number of amides is 2. The summed E-state index contributed by atoms with van der Waals surface area (Å²) in [5.74, 6) is -2.08. The third kappa shape index (κ3) is 4.53. The van der Waals surface area contributed by atoms with E-state index in [-0.39, 0.29) is 44.6 Å². The van der Waals surface area contributed by atoms with Crippen molar-refractivity contribution in [3.63, 3.8) is 0 Å². The van der Waals surface area contributed by atoms with E-state index in [0.29, 0.717) is 5.57 Å². The molecular weight excluding hydrogens is 506 g/mol. The number of nitrogens with two attached hydrogens (primary N) is 1. The number of nitrogens with zero attached hydrogens (tertiary/aromatic N) is 3. The second kappa shape index (κ2) is 9.90. The predicted molar refractivity (Wildman–Crippen MR) is 125 cm³/mol. The molecule has 0 aliphatic carbocycles. The molecule has 1 saturated heterocycles. The highest BCUT2D eigenvalue weighted by Crippen LogP contribution is 2.41. The van der Waals surface area contributed by atoms with Crippen LogP contribution in [-0.4, -0.2) is 73.6 Å². The van der Waals surface area contributed by atoms with E-state index in [1.165, 1.54) is 36.6 Å². The molecule has 2 amide bonds. The van der Waals surface area contributed by atoms with Gasteiger partial charge in [-0.3, -0.25) is 19.3 Å². The molecule has 12 nitrogen and oxygen atoms in total. The van der Waals surface area contributed by atoms with Crippen molar-refractivity contribution in [2.75, 3.05) is 24.3 Å². The Balaban J connectivity index is 1.47. The third-order valence-electron chi connectivity index (χ3n) is 4.80. The van der Waals surface area contributed by atoms with Crippen LogP contribution in [0.2, 0.25) is 0 Å². The summed E-state index contributed by atoms with van der Waals surface area (Å²) in [5, 5.41) is 16.8. The van der Waals surface area contributed by atoms with Crippen molar-refractivity contribution in [1.29, 1.82) is 0 Å². The van der Waals surface area contributed by atoms with Crippen molar-refractivity contribution in [2.24, 2.45) is 5.16 Å². The van der Waals surface area contributed by atoms with Gasteiger partial charge in [0.1, 0.15) is 29.9 Å². The number of nitrogen functional groups attached to an aromatic ring is 1. The number of hydrogen-bond acceptors (Lipinski definition) is 12. The van der Waals surface area contributed by atoms with Gasteiger partial charge in [-0.25, -0.2) is 9.78 Å². The number of anilines is 1. The predicted octanol–water partition coefficient (Wildman–Crippen LogP) is 0.981. The first-order chi connectivity index (χ1) is 16.3. The molecule has 34 heavy (non-hydrogen) atoms. The van der Waals surface area contributed by atoms with Gasteiger partial charge in [0, 0.05) is 16.9 Å². The maximum Gasteiger partial charge on any atom is 0.352 e. The standard InChI is InChI=1S/C19H17N5O7S3/c1-30-23-11(9-7-34-19(20)21-9)14(25)22-12-15(26)24-13(17(27)28)8(5-32-16(12)24)6-33-18(29)10-3-2-4-31-10/h2-4,7,12,16H,5-6H2,1H3,(H2,20,21)(H,22,25)(H,27,28)/b23-11-/t12?,16-/m1/s1. The van der Waals surface area contributed by atoms with E-state index in [4.69, 9.17) is 15.0 Å². The zero-order valence-corrected chi connectivity index (χ0v) is 19.9. The van der Waals surface area contributed by atoms with Crippen LogP contribution in [0.25, 0.3) is 0 Å². The maximum atomic E-state index is 12.8. The van der Waals surface area contributed by atoms with Gasteiger partial charge in [0.2, 0.25) is 0 Å². The molecule has 4 N–H and O–H groups in total. The molecule has 178 valence electrons. The summed E-state index contributed by atoms with van der Waals surface area (Å²) < 4.78 is 5.05. The first-order valence-electron chi connectivity index (χ1n) is 9.55. The number of carboxylic acid groups (broad SMARTS) is 1. The topological polar surface area (TPSA) is 177 Å². The summed E-state index contributed by atoms with van der Waals surface area (Å²) in [6, 6.07) is 2.13. The van der Waals surface area contributed by atoms with Gasteiger partial charge in [0.15, 0.2) is 16.6 Å². The lowest BCUT2D eigenvalue weighted by atomic mass is 10.0. The number of aliphatic carboxylic acids is 1. The van der Waals surface area contributed by atoms with Gasteiger partial charge in [-0.2, -0.15) is 0 Å². The Kier molecular flexibility index (Phi) is 6.95. The first-order valence-corrected chi connectivity index (χ1v) is 12.5. The van der Waals surface area contributed by atoms with Gasteiger partial charge in [0.25, 0.3) is 16.9 Å². The van der Waals surface area contributed by atoms with Crippen LogP contribution in [0.1, 0.15) is 16.2 Å². The molecule has 2 aromatic heterocycles. The van der Waals surface area contributed by atoms with Gasteiger partial charge in [-0.15, -0.1) is 23.1 Å². The van der Waals surface area contributed by atoms with E-state index < -0.39 is 29.2 Å². The number of carbonyl (C=O) groups excluding carboxylic acids is 3. The Labute approximate surface area is 204 Å². The molecule has 4 rings (SSSR count). The fraction of sp³-hybridized carbons (Fsp3) is 0.263. The Morgan fingerprint density at radius 2 is 2.26 bits per heavy atom. The minimum atomic E-state index is -1.29. The Morgan fingerprint density at radius 3 is 2.88 bits per heavy atom. The number of nitrogens with one attached hydrogen (secondary N) is 1. The zero-order valence-electron chi connectivity index (χ0n) is 17.4. The molecule has 2 aliphatic heterocycles. The van der Waals surface area contributed by atoms with Gasteiger partial charge >= 0.3 is 5.97 Å². The number of aromatic nitrogens is 1. The van der Waals surface area contributed by atoms with E-state index in [1.54, 1.807) is 6.07 Å². The average molecular weight is 524 g/mol. The molecule has 0 saturated carbocycles. The molecule has 2 aromatic rings. The quantitative estimate of drug-likeness (QED) is 0.255. The molecule has 2 aliphatic rings. The van der Waals surface area contributed by atoms with Crippen LogP contribution in [0.15, 0.2) is 44.6 Å². The number of β-lactam (4-membered cyclic amide) rings is 1. The number of fused-ring (bicyclic) bond motifs is 1. The lowest BCUT2D eigenvalue weighted by Crippen LogP contribution is -2.71. The number of carbonyl (C=O) groups is 4. The second-order valence-corrected chi connectivity index (χ2v) is 9.81. The van der Waals surface area contributed by atoms with E-state index in [0.717, 1.165) is 28.0 Å². The fourth-order valence-corrected chi connectivity index (χ4v) is 6.14. The number of oxime groups is 1. The molecule has 1 unspecified atom stereocenters. The zero-order chi connectivity index (χ0) is 24.4.